The zero-order valence-electron chi connectivity index (χ0n) is 43.1. The molecule has 1 aliphatic rings. The van der Waals surface area contributed by atoms with Crippen LogP contribution in [-0.2, 0) is 52.7 Å². The Balaban J connectivity index is 3.22. The summed E-state index contributed by atoms with van der Waals surface area (Å²) in [5, 5.41) is 54.6. The van der Waals surface area contributed by atoms with Crippen LogP contribution in [0.25, 0.3) is 0 Å². The van der Waals surface area contributed by atoms with Gasteiger partial charge in [0.25, 0.3) is 0 Å². The van der Waals surface area contributed by atoms with Crippen LogP contribution >= 0.6 is 0 Å². The number of nitrogens with zero attached hydrogens (tertiary/aromatic N) is 2. The highest BCUT2D eigenvalue weighted by Crippen LogP contribution is 2.10. The maximum absolute atomic E-state index is 13.8. The molecule has 0 saturated carbocycles. The summed E-state index contributed by atoms with van der Waals surface area (Å²) in [6.45, 7) is 7.23. The Hall–Kier alpha value is -7.41. The molecular formula is C44H79N17O14. The number of nitrogens with two attached hydrogens (primary N) is 5. The first-order valence-electron chi connectivity index (χ1n) is 24.5. The molecule has 0 aromatic carbocycles. The summed E-state index contributed by atoms with van der Waals surface area (Å²) in [5.74, 6) is -12.2. The van der Waals surface area contributed by atoms with Gasteiger partial charge in [0.2, 0.25) is 53.2 Å². The molecule has 31 nitrogen and oxygen atoms in total. The average molecular weight is 1070 g/mol. The summed E-state index contributed by atoms with van der Waals surface area (Å²) < 4.78 is 0. The first-order chi connectivity index (χ1) is 35.2. The average Bonchev–Trinajstić information content (AvgIpc) is 3.87. The Labute approximate surface area is 434 Å². The van der Waals surface area contributed by atoms with E-state index < -0.39 is 139 Å². The molecule has 0 spiro atoms. The molecule has 0 aromatic heterocycles. The number of carbonyl (C=O) groups excluding carboxylic acids is 9. The number of guanidine groups is 2. The zero-order valence-corrected chi connectivity index (χ0v) is 43.1. The van der Waals surface area contributed by atoms with Gasteiger partial charge in [0.15, 0.2) is 11.9 Å². The summed E-state index contributed by atoms with van der Waals surface area (Å²) >= 11 is 0. The highest BCUT2D eigenvalue weighted by molar-refractivity contribution is 5.99. The number of nitrogens with one attached hydrogen (secondary N) is 10. The number of rotatable bonds is 35. The fourth-order valence-corrected chi connectivity index (χ4v) is 7.18. The summed E-state index contributed by atoms with van der Waals surface area (Å²) in [5.41, 5.74) is 27.1. The molecular weight excluding hydrogens is 991 g/mol. The molecule has 0 aliphatic carbocycles. The predicted octanol–water partition coefficient (Wildman–Crippen LogP) is -7.39. The lowest BCUT2D eigenvalue weighted by molar-refractivity contribution is -0.143. The minimum absolute atomic E-state index is 0.0329. The number of amides is 9. The number of hydrogen-bond donors (Lipinski definition) is 18. The fourth-order valence-electron chi connectivity index (χ4n) is 7.18. The second-order valence-electron chi connectivity index (χ2n) is 18.2. The van der Waals surface area contributed by atoms with Crippen molar-refractivity contribution in [2.75, 3.05) is 32.7 Å². The minimum Gasteiger partial charge on any atom is -0.481 e. The third-order valence-corrected chi connectivity index (χ3v) is 11.4. The van der Waals surface area contributed by atoms with E-state index in [9.17, 15) is 68.1 Å². The molecule has 9 amide bonds. The molecule has 10 atom stereocenters. The maximum atomic E-state index is 13.8. The van der Waals surface area contributed by atoms with Crippen LogP contribution in [0, 0.1) is 5.92 Å². The summed E-state index contributed by atoms with van der Waals surface area (Å²) in [4.78, 5) is 151. The van der Waals surface area contributed by atoms with Crippen molar-refractivity contribution in [1.29, 1.82) is 0 Å². The Morgan fingerprint density at radius 2 is 1.04 bits per heavy atom. The SMILES string of the molecule is CC(C)[C@H](NC(=O)[C@@H](NC(=O)[C@H](CCCN=C(N)N)NC(=O)[C@H](C)NC(=O)[C@H](CC(=O)O)NC(=O)[C@H](CCCCN)NC(=O)[C@H](C)NC(=O)CNC(=O)[C@@H]1CCCN1)[C@@H](C)O)C(=O)N[C@@H](CCCN=C(N)N)C(=O)O. The minimum atomic E-state index is -1.83. The van der Waals surface area contributed by atoms with Crippen molar-refractivity contribution in [3.63, 3.8) is 0 Å². The van der Waals surface area contributed by atoms with Gasteiger partial charge >= 0.3 is 11.9 Å². The standard InChI is InChI=1S/C44H79N17O14/c1-21(2)32(40(72)58-28(42(74)75)14-10-18-52-44(48)49)60-41(73)33(24(5)62)61-38(70)27(13-9-17-51-43(46)47)57-35(67)23(4)55-39(71)29(19-31(64)65)59-37(69)26(11-6-7-15-45)56-34(66)22(3)54-30(63)20-53-36(68)25-12-8-16-50-25/h21-29,32-33,50,62H,6-20,45H2,1-5H3,(H,53,68)(H,54,63)(H,55,71)(H,56,66)(H,57,67)(H,58,72)(H,59,69)(H,60,73)(H,61,70)(H,64,65)(H,74,75)(H4,46,47,51)(H4,48,49,52)/t22-,23-,24+,25-,26-,27-,28-,29-,32-,33-/m0/s1. The number of aliphatic imine (C=N–C) groups is 2. The Bertz CT molecular complexity index is 2030. The number of aliphatic hydroxyl groups excluding tert-OH is 1. The van der Waals surface area contributed by atoms with Crippen LogP contribution in [-0.4, -0.2) is 186 Å². The van der Waals surface area contributed by atoms with Gasteiger partial charge in [-0.05, 0) is 97.6 Å². The van der Waals surface area contributed by atoms with Crippen molar-refractivity contribution >= 4 is 77.0 Å². The molecule has 1 saturated heterocycles. The summed E-state index contributed by atoms with van der Waals surface area (Å²) in [6.07, 6.45) is -0.599. The molecule has 0 aromatic rings. The lowest BCUT2D eigenvalue weighted by atomic mass is 10.0. The van der Waals surface area contributed by atoms with E-state index in [0.29, 0.717) is 25.8 Å². The van der Waals surface area contributed by atoms with Crippen molar-refractivity contribution in [3.8, 4) is 0 Å². The first kappa shape index (κ1) is 65.6. The molecule has 1 fully saturated rings. The van der Waals surface area contributed by atoms with Crippen molar-refractivity contribution in [2.45, 2.75) is 159 Å². The monoisotopic (exact) mass is 1070 g/mol. The van der Waals surface area contributed by atoms with Gasteiger partial charge in [-0.15, -0.1) is 0 Å². The van der Waals surface area contributed by atoms with Gasteiger partial charge in [-0.25, -0.2) is 4.79 Å². The molecule has 1 rings (SSSR count). The van der Waals surface area contributed by atoms with E-state index in [1.165, 1.54) is 13.8 Å². The number of aliphatic carboxylic acids is 2. The molecule has 75 heavy (non-hydrogen) atoms. The van der Waals surface area contributed by atoms with Gasteiger partial charge in [0, 0.05) is 13.1 Å². The van der Waals surface area contributed by atoms with E-state index in [1.807, 2.05) is 0 Å². The number of carboxylic acids is 2. The van der Waals surface area contributed by atoms with Crippen LogP contribution in [0.5, 0.6) is 0 Å². The highest BCUT2D eigenvalue weighted by Gasteiger charge is 2.36. The lowest BCUT2D eigenvalue weighted by Crippen LogP contribution is -2.62. The van der Waals surface area contributed by atoms with Gasteiger partial charge < -0.3 is 97.2 Å². The van der Waals surface area contributed by atoms with Gasteiger partial charge in [-0.2, -0.15) is 0 Å². The van der Waals surface area contributed by atoms with Crippen LogP contribution in [0.2, 0.25) is 0 Å². The number of hydrogen-bond acceptors (Lipinski definition) is 16. The fraction of sp³-hybridized carbons (Fsp3) is 0.705. The van der Waals surface area contributed by atoms with Crippen LogP contribution in [0.15, 0.2) is 9.98 Å². The number of carboxylic acid groups (broad SMARTS) is 2. The summed E-state index contributed by atoms with van der Waals surface area (Å²) in [7, 11) is 0. The second kappa shape index (κ2) is 34.1. The van der Waals surface area contributed by atoms with Gasteiger partial charge in [-0.3, -0.25) is 57.9 Å². The van der Waals surface area contributed by atoms with E-state index in [2.05, 4.69) is 63.2 Å². The van der Waals surface area contributed by atoms with E-state index in [4.69, 9.17) is 28.7 Å². The third-order valence-electron chi connectivity index (χ3n) is 11.4. The largest absolute Gasteiger partial charge is 0.481 e. The Morgan fingerprint density at radius 3 is 1.52 bits per heavy atom. The zero-order chi connectivity index (χ0) is 56.9. The van der Waals surface area contributed by atoms with Crippen molar-refractivity contribution < 1.29 is 68.1 Å². The highest BCUT2D eigenvalue weighted by atomic mass is 16.4. The van der Waals surface area contributed by atoms with Crippen LogP contribution in [0.4, 0.5) is 0 Å². The maximum Gasteiger partial charge on any atom is 0.326 e. The topological polar surface area (TPSA) is 524 Å². The number of carbonyl (C=O) groups is 11. The van der Waals surface area contributed by atoms with Crippen molar-refractivity contribution in [3.05, 3.63) is 0 Å². The third kappa shape index (κ3) is 25.9. The quantitative estimate of drug-likeness (QED) is 0.0159. The van der Waals surface area contributed by atoms with Gasteiger partial charge in [0.05, 0.1) is 25.1 Å². The predicted molar refractivity (Wildman–Crippen MR) is 270 cm³/mol. The molecule has 1 heterocycles. The molecule has 31 heteroatoms. The smallest absolute Gasteiger partial charge is 0.326 e. The number of aliphatic hydroxyl groups is 1. The lowest BCUT2D eigenvalue weighted by Gasteiger charge is -2.29. The summed E-state index contributed by atoms with van der Waals surface area (Å²) in [6, 6.07) is -12.5. The van der Waals surface area contributed by atoms with E-state index in [0.717, 1.165) is 13.3 Å². The van der Waals surface area contributed by atoms with Crippen LogP contribution < -0.4 is 81.8 Å². The molecule has 0 bridgehead atoms. The molecule has 0 radical (unpaired) electrons. The van der Waals surface area contributed by atoms with E-state index >= 15 is 0 Å². The van der Waals surface area contributed by atoms with Crippen molar-refractivity contribution in [1.82, 2.24) is 53.2 Å². The van der Waals surface area contributed by atoms with Crippen molar-refractivity contribution in [2.24, 2.45) is 44.6 Å². The molecule has 1 aliphatic heterocycles. The van der Waals surface area contributed by atoms with Gasteiger partial charge in [0.1, 0.15) is 48.3 Å². The first-order valence-corrected chi connectivity index (χ1v) is 24.5. The molecule has 0 unspecified atom stereocenters. The second-order valence-corrected chi connectivity index (χ2v) is 18.2. The number of unbranched alkanes of at least 4 members (excludes halogenated alkanes) is 1. The van der Waals surface area contributed by atoms with Crippen LogP contribution in [0.1, 0.15) is 98.8 Å². The van der Waals surface area contributed by atoms with E-state index in [1.54, 1.807) is 13.8 Å². The molecule has 424 valence electrons. The normalized spacial score (nSPS) is 16.5. The van der Waals surface area contributed by atoms with E-state index in [-0.39, 0.29) is 69.6 Å². The Morgan fingerprint density at radius 1 is 0.573 bits per heavy atom. The molecule has 23 N–H and O–H groups in total. The van der Waals surface area contributed by atoms with Gasteiger partial charge in [-0.1, -0.05) is 13.8 Å². The van der Waals surface area contributed by atoms with Crippen LogP contribution in [0.3, 0.4) is 0 Å². The Kier molecular flexibility index (Phi) is 29.9.